The Balaban J connectivity index is 2.26. The number of nitrogens with zero attached hydrogens (tertiary/aromatic N) is 2. The summed E-state index contributed by atoms with van der Waals surface area (Å²) < 4.78 is 4.81. The molecule has 0 aromatic heterocycles. The van der Waals surface area contributed by atoms with Gasteiger partial charge in [0.15, 0.2) is 5.78 Å². The number of rotatable bonds is 4. The molecule has 0 radical (unpaired) electrons. The van der Waals surface area contributed by atoms with Gasteiger partial charge in [-0.05, 0) is 26.6 Å². The smallest absolute Gasteiger partial charge is 0.172 e. The van der Waals surface area contributed by atoms with Gasteiger partial charge in [0.1, 0.15) is 6.61 Å². The molecule has 82 valence electrons. The van der Waals surface area contributed by atoms with Crippen molar-refractivity contribution in [2.24, 2.45) is 0 Å². The number of ketones is 1. The van der Waals surface area contributed by atoms with Gasteiger partial charge in [0.05, 0.1) is 6.54 Å². The number of carbonyl (C=O) groups is 1. The summed E-state index contributed by atoms with van der Waals surface area (Å²) in [5.74, 6) is 0.178. The van der Waals surface area contributed by atoms with Crippen molar-refractivity contribution in [1.82, 2.24) is 9.80 Å². The highest BCUT2D eigenvalue weighted by atomic mass is 16.5. The number of carbonyl (C=O) groups excluding carboxylic acids is 1. The van der Waals surface area contributed by atoms with Gasteiger partial charge in [-0.2, -0.15) is 0 Å². The van der Waals surface area contributed by atoms with E-state index in [0.717, 1.165) is 32.6 Å². The van der Waals surface area contributed by atoms with Crippen LogP contribution in [-0.2, 0) is 9.53 Å². The van der Waals surface area contributed by atoms with Crippen LogP contribution in [0.2, 0.25) is 0 Å². The number of methoxy groups -OCH3 is 1. The van der Waals surface area contributed by atoms with Gasteiger partial charge in [0.25, 0.3) is 0 Å². The van der Waals surface area contributed by atoms with Crippen molar-refractivity contribution in [2.75, 3.05) is 53.5 Å². The summed E-state index contributed by atoms with van der Waals surface area (Å²) in [6, 6.07) is 0. The lowest BCUT2D eigenvalue weighted by Crippen LogP contribution is -2.34. The average molecular weight is 200 g/mol. The van der Waals surface area contributed by atoms with E-state index < -0.39 is 0 Å². The van der Waals surface area contributed by atoms with E-state index in [1.165, 1.54) is 0 Å². The summed E-state index contributed by atoms with van der Waals surface area (Å²) in [6.45, 7) is 5.00. The summed E-state index contributed by atoms with van der Waals surface area (Å²) in [4.78, 5) is 15.8. The molecule has 0 aromatic carbocycles. The Labute approximate surface area is 85.8 Å². The maximum absolute atomic E-state index is 11.3. The van der Waals surface area contributed by atoms with Crippen molar-refractivity contribution in [3.63, 3.8) is 0 Å². The van der Waals surface area contributed by atoms with E-state index in [2.05, 4.69) is 16.8 Å². The number of Topliss-reactive ketones (excluding diaryl/α,β-unsaturated/α-hetero) is 1. The molecule has 4 heteroatoms. The van der Waals surface area contributed by atoms with Crippen LogP contribution in [0.4, 0.5) is 0 Å². The molecule has 0 spiro atoms. The van der Waals surface area contributed by atoms with Crippen molar-refractivity contribution in [3.8, 4) is 0 Å². The van der Waals surface area contributed by atoms with Crippen LogP contribution in [0.5, 0.6) is 0 Å². The van der Waals surface area contributed by atoms with Gasteiger partial charge in [-0.3, -0.25) is 9.69 Å². The molecule has 0 saturated carbocycles. The molecule has 1 rings (SSSR count). The predicted molar refractivity (Wildman–Crippen MR) is 55.4 cm³/mol. The fraction of sp³-hybridized carbons (Fsp3) is 0.900. The number of ether oxygens (including phenoxy) is 1. The summed E-state index contributed by atoms with van der Waals surface area (Å²) in [6.07, 6.45) is 1.15. The zero-order chi connectivity index (χ0) is 10.4. The molecule has 0 atom stereocenters. The average Bonchev–Trinajstić information content (AvgIpc) is 2.32. The Morgan fingerprint density at radius 1 is 1.29 bits per heavy atom. The lowest BCUT2D eigenvalue weighted by molar-refractivity contribution is -0.123. The predicted octanol–water partition coefficient (Wildman–Crippen LogP) is -0.161. The molecule has 0 unspecified atom stereocenters. The molecular formula is C10H20N2O2. The number of likely N-dealkylation sites (N-methyl/N-ethyl adjacent to an activating group) is 1. The van der Waals surface area contributed by atoms with Crippen LogP contribution in [0.15, 0.2) is 0 Å². The lowest BCUT2D eigenvalue weighted by Gasteiger charge is -2.18. The Bertz CT molecular complexity index is 185. The summed E-state index contributed by atoms with van der Waals surface area (Å²) in [5.41, 5.74) is 0. The van der Waals surface area contributed by atoms with Gasteiger partial charge in [0, 0.05) is 20.2 Å². The van der Waals surface area contributed by atoms with Crippen molar-refractivity contribution in [2.45, 2.75) is 6.42 Å². The fourth-order valence-corrected chi connectivity index (χ4v) is 1.71. The highest BCUT2D eigenvalue weighted by molar-refractivity contribution is 5.81. The van der Waals surface area contributed by atoms with Crippen LogP contribution in [-0.4, -0.2) is 69.1 Å². The molecule has 1 heterocycles. The first-order valence-electron chi connectivity index (χ1n) is 5.14. The Kier molecular flexibility index (Phi) is 5.07. The van der Waals surface area contributed by atoms with Crippen molar-refractivity contribution < 1.29 is 9.53 Å². The second-order valence-electron chi connectivity index (χ2n) is 3.90. The largest absolute Gasteiger partial charge is 0.377 e. The monoisotopic (exact) mass is 200 g/mol. The first kappa shape index (κ1) is 11.6. The standard InChI is InChI=1S/C10H20N2O2/c1-11-4-3-5-12(7-6-11)8-10(13)9-14-2/h3-9H2,1-2H3. The molecule has 14 heavy (non-hydrogen) atoms. The maximum atomic E-state index is 11.3. The highest BCUT2D eigenvalue weighted by Gasteiger charge is 2.14. The van der Waals surface area contributed by atoms with E-state index in [0.29, 0.717) is 6.54 Å². The van der Waals surface area contributed by atoms with Gasteiger partial charge >= 0.3 is 0 Å². The molecule has 1 saturated heterocycles. The first-order chi connectivity index (χ1) is 6.72. The van der Waals surface area contributed by atoms with E-state index in [-0.39, 0.29) is 12.4 Å². The van der Waals surface area contributed by atoms with Crippen LogP contribution in [0.3, 0.4) is 0 Å². The first-order valence-corrected chi connectivity index (χ1v) is 5.14. The van der Waals surface area contributed by atoms with Gasteiger partial charge in [-0.15, -0.1) is 0 Å². The third-order valence-electron chi connectivity index (χ3n) is 2.52. The van der Waals surface area contributed by atoms with Gasteiger partial charge in [-0.25, -0.2) is 0 Å². The fourth-order valence-electron chi connectivity index (χ4n) is 1.71. The normalized spacial score (nSPS) is 20.7. The molecule has 1 aliphatic heterocycles. The van der Waals surface area contributed by atoms with E-state index in [1.54, 1.807) is 7.11 Å². The minimum absolute atomic E-state index is 0.178. The highest BCUT2D eigenvalue weighted by Crippen LogP contribution is 2.00. The Hall–Kier alpha value is -0.450. The third-order valence-corrected chi connectivity index (χ3v) is 2.52. The van der Waals surface area contributed by atoms with Gasteiger partial charge in [-0.1, -0.05) is 0 Å². The number of hydrogen-bond acceptors (Lipinski definition) is 4. The summed E-state index contributed by atoms with van der Waals surface area (Å²) in [7, 11) is 3.69. The minimum Gasteiger partial charge on any atom is -0.377 e. The second kappa shape index (κ2) is 6.11. The Morgan fingerprint density at radius 2 is 2.07 bits per heavy atom. The molecule has 0 aliphatic carbocycles. The van der Waals surface area contributed by atoms with Gasteiger partial charge in [0.2, 0.25) is 0 Å². The number of hydrogen-bond donors (Lipinski definition) is 0. The van der Waals surface area contributed by atoms with Crippen LogP contribution >= 0.6 is 0 Å². The van der Waals surface area contributed by atoms with Crippen molar-refractivity contribution in [3.05, 3.63) is 0 Å². The molecule has 1 aliphatic rings. The molecule has 0 amide bonds. The lowest BCUT2D eigenvalue weighted by atomic mass is 10.3. The summed E-state index contributed by atoms with van der Waals surface area (Å²) in [5, 5.41) is 0. The molecule has 4 nitrogen and oxygen atoms in total. The van der Waals surface area contributed by atoms with Crippen LogP contribution in [0.25, 0.3) is 0 Å². The molecule has 0 aromatic rings. The quantitative estimate of drug-likeness (QED) is 0.631. The van der Waals surface area contributed by atoms with Gasteiger partial charge < -0.3 is 9.64 Å². The maximum Gasteiger partial charge on any atom is 0.172 e. The molecule has 0 bridgehead atoms. The zero-order valence-electron chi connectivity index (χ0n) is 9.16. The van der Waals surface area contributed by atoms with E-state index in [1.807, 2.05) is 0 Å². The molecular weight excluding hydrogens is 180 g/mol. The van der Waals surface area contributed by atoms with Crippen molar-refractivity contribution in [1.29, 1.82) is 0 Å². The minimum atomic E-state index is 0.178. The SMILES string of the molecule is COCC(=O)CN1CCCN(C)CC1. The van der Waals surface area contributed by atoms with E-state index in [9.17, 15) is 4.79 Å². The Morgan fingerprint density at radius 3 is 2.79 bits per heavy atom. The van der Waals surface area contributed by atoms with E-state index >= 15 is 0 Å². The molecule has 1 fully saturated rings. The topological polar surface area (TPSA) is 32.8 Å². The van der Waals surface area contributed by atoms with Crippen LogP contribution < -0.4 is 0 Å². The molecule has 0 N–H and O–H groups in total. The van der Waals surface area contributed by atoms with Crippen molar-refractivity contribution >= 4 is 5.78 Å². The zero-order valence-corrected chi connectivity index (χ0v) is 9.16. The van der Waals surface area contributed by atoms with Crippen LogP contribution in [0, 0.1) is 0 Å². The summed E-state index contributed by atoms with van der Waals surface area (Å²) >= 11 is 0. The van der Waals surface area contributed by atoms with Crippen LogP contribution in [0.1, 0.15) is 6.42 Å². The second-order valence-corrected chi connectivity index (χ2v) is 3.90. The third kappa shape index (κ3) is 4.17. The van der Waals surface area contributed by atoms with E-state index in [4.69, 9.17) is 4.74 Å².